The van der Waals surface area contributed by atoms with E-state index in [2.05, 4.69) is 21.2 Å². The highest BCUT2D eigenvalue weighted by molar-refractivity contribution is 9.10. The Bertz CT molecular complexity index is 596. The molecule has 0 bridgehead atoms. The lowest BCUT2D eigenvalue weighted by Crippen LogP contribution is -2.12. The molecule has 92 valence electrons. The van der Waals surface area contributed by atoms with E-state index in [1.54, 1.807) is 24.3 Å². The van der Waals surface area contributed by atoms with Crippen molar-refractivity contribution in [1.82, 2.24) is 0 Å². The molecule has 0 radical (unpaired) electrons. The molecule has 2 aromatic carbocycles. The number of amides is 1. The molecule has 3 nitrogen and oxygen atoms in total. The van der Waals surface area contributed by atoms with Crippen LogP contribution in [0.4, 0.5) is 11.4 Å². The average molecular weight is 305 g/mol. The van der Waals surface area contributed by atoms with Crippen LogP contribution in [0.1, 0.15) is 15.9 Å². The second kappa shape index (κ2) is 5.23. The Morgan fingerprint density at radius 3 is 2.67 bits per heavy atom. The van der Waals surface area contributed by atoms with Gasteiger partial charge in [0.2, 0.25) is 0 Å². The third-order valence-corrected chi connectivity index (χ3v) is 3.64. The Hall–Kier alpha value is -1.81. The molecule has 0 saturated heterocycles. The van der Waals surface area contributed by atoms with Gasteiger partial charge < -0.3 is 11.1 Å². The molecule has 2 aromatic rings. The van der Waals surface area contributed by atoms with Crippen LogP contribution >= 0.6 is 15.9 Å². The van der Waals surface area contributed by atoms with Crippen molar-refractivity contribution in [2.45, 2.75) is 6.92 Å². The van der Waals surface area contributed by atoms with Gasteiger partial charge in [-0.1, -0.05) is 18.2 Å². The number of hydrogen-bond acceptors (Lipinski definition) is 2. The Morgan fingerprint density at radius 2 is 1.94 bits per heavy atom. The summed E-state index contributed by atoms with van der Waals surface area (Å²) in [6.07, 6.45) is 0. The largest absolute Gasteiger partial charge is 0.399 e. The van der Waals surface area contributed by atoms with Gasteiger partial charge in [0.1, 0.15) is 0 Å². The molecule has 0 fully saturated rings. The standard InChI is InChI=1S/C14H13BrN2O/c1-9-4-2-7-12(13(9)15)17-14(18)10-5-3-6-11(16)8-10/h2-8H,16H2,1H3,(H,17,18). The maximum absolute atomic E-state index is 12.0. The molecule has 0 aliphatic rings. The second-order valence-corrected chi connectivity index (χ2v) is 4.81. The van der Waals surface area contributed by atoms with E-state index in [0.717, 1.165) is 15.7 Å². The summed E-state index contributed by atoms with van der Waals surface area (Å²) in [5.74, 6) is -0.173. The maximum atomic E-state index is 12.0. The van der Waals surface area contributed by atoms with Crippen LogP contribution < -0.4 is 11.1 Å². The smallest absolute Gasteiger partial charge is 0.255 e. The first-order valence-electron chi connectivity index (χ1n) is 5.50. The molecule has 3 N–H and O–H groups in total. The minimum absolute atomic E-state index is 0.173. The fourth-order valence-corrected chi connectivity index (χ4v) is 1.98. The van der Waals surface area contributed by atoms with E-state index in [0.29, 0.717) is 11.3 Å². The molecule has 0 spiro atoms. The molecule has 1 amide bonds. The van der Waals surface area contributed by atoms with E-state index in [4.69, 9.17) is 5.73 Å². The predicted molar refractivity (Wildman–Crippen MR) is 77.7 cm³/mol. The van der Waals surface area contributed by atoms with E-state index < -0.39 is 0 Å². The van der Waals surface area contributed by atoms with E-state index in [1.165, 1.54) is 0 Å². The number of benzene rings is 2. The van der Waals surface area contributed by atoms with Crippen LogP contribution in [0, 0.1) is 6.92 Å². The third kappa shape index (κ3) is 2.71. The molecule has 2 rings (SSSR count). The van der Waals surface area contributed by atoms with Crippen molar-refractivity contribution in [2.75, 3.05) is 11.1 Å². The number of carbonyl (C=O) groups excluding carboxylic acids is 1. The molecule has 0 unspecified atom stereocenters. The summed E-state index contributed by atoms with van der Waals surface area (Å²) in [4.78, 5) is 12.0. The molecule has 0 atom stereocenters. The summed E-state index contributed by atoms with van der Waals surface area (Å²) in [7, 11) is 0. The maximum Gasteiger partial charge on any atom is 0.255 e. The fourth-order valence-electron chi connectivity index (χ4n) is 1.62. The first kappa shape index (κ1) is 12.6. The Balaban J connectivity index is 2.24. The number of carbonyl (C=O) groups is 1. The van der Waals surface area contributed by atoms with Crippen molar-refractivity contribution in [3.8, 4) is 0 Å². The molecule has 0 aliphatic carbocycles. The molecule has 4 heteroatoms. The van der Waals surface area contributed by atoms with Gasteiger partial charge >= 0.3 is 0 Å². The van der Waals surface area contributed by atoms with Gasteiger partial charge in [0.15, 0.2) is 0 Å². The molecule has 0 aromatic heterocycles. The molecule has 18 heavy (non-hydrogen) atoms. The van der Waals surface area contributed by atoms with Crippen LogP contribution in [0.3, 0.4) is 0 Å². The van der Waals surface area contributed by atoms with Crippen molar-refractivity contribution >= 4 is 33.2 Å². The quantitative estimate of drug-likeness (QED) is 0.833. The zero-order chi connectivity index (χ0) is 13.1. The van der Waals surface area contributed by atoms with Gasteiger partial charge in [0.05, 0.1) is 5.69 Å². The lowest BCUT2D eigenvalue weighted by Gasteiger charge is -2.09. The average Bonchev–Trinajstić information content (AvgIpc) is 2.35. The van der Waals surface area contributed by atoms with Crippen LogP contribution in [0.25, 0.3) is 0 Å². The van der Waals surface area contributed by atoms with Gasteiger partial charge in [0.25, 0.3) is 5.91 Å². The first-order valence-corrected chi connectivity index (χ1v) is 6.29. The fraction of sp³-hybridized carbons (Fsp3) is 0.0714. The van der Waals surface area contributed by atoms with Crippen LogP contribution in [-0.4, -0.2) is 5.91 Å². The summed E-state index contributed by atoms with van der Waals surface area (Å²) in [5.41, 5.74) is 8.60. The molecular weight excluding hydrogens is 292 g/mol. The topological polar surface area (TPSA) is 55.1 Å². The summed E-state index contributed by atoms with van der Waals surface area (Å²) < 4.78 is 0.891. The Morgan fingerprint density at radius 1 is 1.22 bits per heavy atom. The van der Waals surface area contributed by atoms with Gasteiger partial charge in [-0.3, -0.25) is 4.79 Å². The summed E-state index contributed by atoms with van der Waals surface area (Å²) in [6.45, 7) is 1.97. The number of anilines is 2. The number of rotatable bonds is 2. The zero-order valence-corrected chi connectivity index (χ0v) is 11.5. The second-order valence-electron chi connectivity index (χ2n) is 4.02. The van der Waals surface area contributed by atoms with Gasteiger partial charge in [0, 0.05) is 15.7 Å². The summed E-state index contributed by atoms with van der Waals surface area (Å²) in [5, 5.41) is 2.85. The highest BCUT2D eigenvalue weighted by atomic mass is 79.9. The SMILES string of the molecule is Cc1cccc(NC(=O)c2cccc(N)c2)c1Br. The van der Waals surface area contributed by atoms with Crippen molar-refractivity contribution in [2.24, 2.45) is 0 Å². The molecule has 0 saturated carbocycles. The van der Waals surface area contributed by atoms with Gasteiger partial charge in [-0.05, 0) is 52.7 Å². The predicted octanol–water partition coefficient (Wildman–Crippen LogP) is 3.59. The first-order chi connectivity index (χ1) is 8.58. The van der Waals surface area contributed by atoms with E-state index in [1.807, 2.05) is 25.1 Å². The number of hydrogen-bond donors (Lipinski definition) is 2. The van der Waals surface area contributed by atoms with E-state index in [-0.39, 0.29) is 5.91 Å². The number of aryl methyl sites for hydroxylation is 1. The Kier molecular flexibility index (Phi) is 3.67. The van der Waals surface area contributed by atoms with Gasteiger partial charge in [-0.15, -0.1) is 0 Å². The molecule has 0 aliphatic heterocycles. The van der Waals surface area contributed by atoms with Crippen LogP contribution in [-0.2, 0) is 0 Å². The lowest BCUT2D eigenvalue weighted by atomic mass is 10.1. The van der Waals surface area contributed by atoms with Gasteiger partial charge in [-0.2, -0.15) is 0 Å². The normalized spacial score (nSPS) is 10.1. The van der Waals surface area contributed by atoms with Crippen molar-refractivity contribution < 1.29 is 4.79 Å². The molecular formula is C14H13BrN2O. The highest BCUT2D eigenvalue weighted by Crippen LogP contribution is 2.26. The van der Waals surface area contributed by atoms with E-state index >= 15 is 0 Å². The zero-order valence-electron chi connectivity index (χ0n) is 9.91. The van der Waals surface area contributed by atoms with Crippen LogP contribution in [0.2, 0.25) is 0 Å². The highest BCUT2D eigenvalue weighted by Gasteiger charge is 2.09. The van der Waals surface area contributed by atoms with Crippen LogP contribution in [0.5, 0.6) is 0 Å². The lowest BCUT2D eigenvalue weighted by molar-refractivity contribution is 0.102. The Labute approximate surface area is 114 Å². The monoisotopic (exact) mass is 304 g/mol. The third-order valence-electron chi connectivity index (χ3n) is 2.59. The van der Waals surface area contributed by atoms with E-state index in [9.17, 15) is 4.79 Å². The van der Waals surface area contributed by atoms with Crippen LogP contribution in [0.15, 0.2) is 46.9 Å². The summed E-state index contributed by atoms with van der Waals surface area (Å²) in [6, 6.07) is 12.6. The summed E-state index contributed by atoms with van der Waals surface area (Å²) >= 11 is 3.46. The minimum atomic E-state index is -0.173. The van der Waals surface area contributed by atoms with Gasteiger partial charge in [-0.25, -0.2) is 0 Å². The number of nitrogen functional groups attached to an aromatic ring is 1. The van der Waals surface area contributed by atoms with Crippen molar-refractivity contribution in [3.05, 3.63) is 58.1 Å². The van der Waals surface area contributed by atoms with Crippen molar-refractivity contribution in [3.63, 3.8) is 0 Å². The number of nitrogens with two attached hydrogens (primary N) is 1. The number of nitrogens with one attached hydrogen (secondary N) is 1. The van der Waals surface area contributed by atoms with Crippen molar-refractivity contribution in [1.29, 1.82) is 0 Å². The number of halogens is 1. The molecule has 0 heterocycles. The minimum Gasteiger partial charge on any atom is -0.399 e.